The number of aromatic nitrogens is 12. The van der Waals surface area contributed by atoms with Crippen LogP contribution >= 0.6 is 39.6 Å². The third-order valence-electron chi connectivity index (χ3n) is 21.8. The van der Waals surface area contributed by atoms with Crippen molar-refractivity contribution in [2.24, 2.45) is 17.8 Å². The van der Waals surface area contributed by atoms with E-state index in [0.717, 1.165) is 5.56 Å². The lowest BCUT2D eigenvalue weighted by molar-refractivity contribution is -0.119. The van der Waals surface area contributed by atoms with E-state index >= 15 is 4.57 Å². The Bertz CT molecular complexity index is 6010. The van der Waals surface area contributed by atoms with Gasteiger partial charge in [0.25, 0.3) is 25.6 Å². The zero-order chi connectivity index (χ0) is 88.0. The number of halogens is 2. The summed E-state index contributed by atoms with van der Waals surface area (Å²) in [4.78, 5) is 106. The average Bonchev–Trinajstić information content (AvgIpc) is 1.72. The number of benzene rings is 6. The Morgan fingerprint density at radius 1 is 0.648 bits per heavy atom. The van der Waals surface area contributed by atoms with E-state index in [1.807, 2.05) is 117 Å². The Morgan fingerprint density at radius 2 is 1.19 bits per heavy atom. The van der Waals surface area contributed by atoms with Crippen molar-refractivity contribution < 1.29 is 70.0 Å². The van der Waals surface area contributed by atoms with Crippen molar-refractivity contribution >= 4 is 108 Å². The van der Waals surface area contributed by atoms with Crippen molar-refractivity contribution in [2.75, 3.05) is 50.0 Å². The molecule has 5 N–H and O–H groups in total. The monoisotopic (exact) mass is 1780 g/mol. The second-order valence-corrected chi connectivity index (χ2v) is 35.0. The van der Waals surface area contributed by atoms with Crippen molar-refractivity contribution in [3.8, 4) is 23.3 Å². The number of phosphoric ester groups is 1. The highest BCUT2D eigenvalue weighted by molar-refractivity contribution is 7.49. The SMILES string of the molecule is COc1ccc(C(OC[C@@H]2O[C@@H](n3cnc4c(NC(=O)c5ccccc5)ncnc43)C[C@H]2C(c2cc[c]c(Cl)c2)[C@H]2O[C@@H](n3cnc4c(=O)[nH]c(NC(=O)C(C)C)nc43)C[C@@H]2OP(=O)(OC[C@H]2O[C@@H](n3cnc4c(=O)[nH]c(NC(=O)C(C)C)nc43)C[C@@H]2OP(OCCC#N)N(C(C)C)C(C)C)Oc2ccccc2Cl)(c2ccccc2)c2ccc(OC)cc2)cc1. The Labute approximate surface area is 729 Å². The molecule has 125 heavy (non-hydrogen) atoms. The molecular formula is C87H92Cl2N17O17P2. The number of carbonyl (C=O) groups is 3. The van der Waals surface area contributed by atoms with Gasteiger partial charge in [0.1, 0.15) is 60.1 Å². The number of nitriles is 1. The van der Waals surface area contributed by atoms with Crippen LogP contribution in [0.2, 0.25) is 10.0 Å². The number of hydrogen-bond acceptors (Lipinski definition) is 26. The lowest BCUT2D eigenvalue weighted by Gasteiger charge is -2.39. The molecule has 38 heteroatoms. The van der Waals surface area contributed by atoms with Gasteiger partial charge in [-0.05, 0) is 111 Å². The number of phosphoric acid groups is 1. The standard InChI is InChI=1S/C87H92Cl2N17O17P2/c1-49(2)80(107)99-85-97-78-73(83(110)101-85)94-47-104(78)69-41-64(121-124(116-38-20-37-90)106(51(5)6)52(7)8)67(119-69)44-117-125(112,122-63-28-18-17-27-62(63)89)123-65-42-70(105-48-95-74-79(105)98-86(102-84(74)111)100-81(108)50(3)4)120-75(65)71(54-23-19-26-58(88)39-54)61-40-68(103-46-93-72-76(91-45-92-77(72)103)96-82(109)53-21-13-11-14-22-53)118-66(61)43-115-87(55-24-15-12-16-25-55,56-29-33-59(113-9)34-30-56)57-31-35-60(114-10)36-32-57/h11-19,21-25,27-36,39,45-52,61,64-71,75H,20,38,40-44H2,1-10H3,(H,91,92,96,109)(H2,97,99,101,107,110)(H2,98,100,102,108,111)/t61-,64+,65+,66+,67-,68-,69-,70-,71?,75+,124?,125?/m1/s1. The number of rotatable bonds is 35. The lowest BCUT2D eigenvalue weighted by atomic mass is 9.76. The van der Waals surface area contributed by atoms with Gasteiger partial charge in [-0.2, -0.15) is 15.2 Å². The van der Waals surface area contributed by atoms with E-state index in [9.17, 15) is 29.2 Å². The molecule has 3 aliphatic heterocycles. The number of anilines is 3. The number of hydrogen-bond donors (Lipinski definition) is 5. The molecule has 651 valence electrons. The summed E-state index contributed by atoms with van der Waals surface area (Å²) in [6, 6.07) is 49.9. The summed E-state index contributed by atoms with van der Waals surface area (Å²) in [7, 11) is -4.21. The Hall–Kier alpha value is -11.3. The molecule has 0 spiro atoms. The molecule has 12 aromatic rings. The molecule has 3 fully saturated rings. The topological polar surface area (TPSA) is 404 Å². The predicted molar refractivity (Wildman–Crippen MR) is 464 cm³/mol. The Morgan fingerprint density at radius 3 is 1.77 bits per heavy atom. The first-order valence-electron chi connectivity index (χ1n) is 40.6. The van der Waals surface area contributed by atoms with Crippen LogP contribution in [0.15, 0.2) is 187 Å². The van der Waals surface area contributed by atoms with E-state index in [1.165, 1.54) is 40.2 Å². The molecule has 3 unspecified atom stereocenters. The number of imidazole rings is 3. The van der Waals surface area contributed by atoms with Crippen molar-refractivity contribution in [3.63, 3.8) is 0 Å². The third-order valence-corrected chi connectivity index (χ3v) is 25.9. The zero-order valence-electron chi connectivity index (χ0n) is 69.7. The summed E-state index contributed by atoms with van der Waals surface area (Å²) >= 11 is 14.2. The maximum atomic E-state index is 17.2. The maximum absolute atomic E-state index is 17.2. The summed E-state index contributed by atoms with van der Waals surface area (Å²) in [6.45, 7) is 13.8. The number of ether oxygens (including phenoxy) is 6. The van der Waals surface area contributed by atoms with Gasteiger partial charge in [-0.15, -0.1) is 0 Å². The molecule has 0 saturated carbocycles. The van der Waals surface area contributed by atoms with Crippen LogP contribution in [0.4, 0.5) is 17.7 Å². The van der Waals surface area contributed by atoms with Crippen LogP contribution in [0.3, 0.4) is 0 Å². The van der Waals surface area contributed by atoms with E-state index in [1.54, 1.807) is 107 Å². The quantitative estimate of drug-likeness (QED) is 0.0140. The second-order valence-electron chi connectivity index (χ2n) is 31.2. The molecule has 0 aliphatic carbocycles. The van der Waals surface area contributed by atoms with E-state index in [-0.39, 0.29) is 118 Å². The summed E-state index contributed by atoms with van der Waals surface area (Å²) < 4.78 is 100. The van der Waals surface area contributed by atoms with E-state index in [4.69, 9.17) is 89.2 Å². The normalized spacial score (nSPS) is 20.1. The second kappa shape index (κ2) is 38.7. The molecule has 3 aliphatic rings. The first-order chi connectivity index (χ1) is 60.3. The fourth-order valence-corrected chi connectivity index (χ4v) is 19.4. The molecule has 34 nitrogen and oxygen atoms in total. The van der Waals surface area contributed by atoms with Gasteiger partial charge in [0.15, 0.2) is 39.3 Å². The van der Waals surface area contributed by atoms with Gasteiger partial charge in [0.05, 0.1) is 88.8 Å². The summed E-state index contributed by atoms with van der Waals surface area (Å²) in [6.07, 6.45) is -4.04. The van der Waals surface area contributed by atoms with Crippen LogP contribution in [0, 0.1) is 35.2 Å². The van der Waals surface area contributed by atoms with E-state index < -0.39 is 130 Å². The highest BCUT2D eigenvalue weighted by Gasteiger charge is 2.55. The molecule has 15 rings (SSSR count). The molecule has 1 radical (unpaired) electrons. The molecule has 6 aromatic heterocycles. The van der Waals surface area contributed by atoms with Crippen LogP contribution in [0.25, 0.3) is 33.5 Å². The number of para-hydroxylation sites is 1. The van der Waals surface area contributed by atoms with E-state index in [2.05, 4.69) is 58.0 Å². The number of carbonyl (C=O) groups excluding carboxylic acids is 3. The fourth-order valence-electron chi connectivity index (χ4n) is 15.8. The van der Waals surface area contributed by atoms with Crippen molar-refractivity contribution in [1.29, 1.82) is 5.26 Å². The molecule has 12 atom stereocenters. The van der Waals surface area contributed by atoms with Gasteiger partial charge in [0, 0.05) is 65.2 Å². The number of methoxy groups -OCH3 is 2. The minimum absolute atomic E-state index is 0.00176. The summed E-state index contributed by atoms with van der Waals surface area (Å²) in [5.74, 6) is -3.39. The molecule has 0 bridgehead atoms. The lowest BCUT2D eigenvalue weighted by Crippen LogP contribution is -2.41. The number of nitrogens with one attached hydrogen (secondary N) is 5. The van der Waals surface area contributed by atoms with Crippen LogP contribution in [0.1, 0.15) is 138 Å². The van der Waals surface area contributed by atoms with Crippen LogP contribution in [0.5, 0.6) is 17.2 Å². The number of amides is 3. The molecular weight excluding hydrogens is 1690 g/mol. The first kappa shape index (κ1) is 88.6. The number of aromatic amines is 2. The van der Waals surface area contributed by atoms with Gasteiger partial charge in [-0.3, -0.25) is 67.3 Å². The minimum atomic E-state index is -5.33. The fraction of sp³-hybridized carbons (Fsp3) is 0.368. The summed E-state index contributed by atoms with van der Waals surface area (Å²) in [5.41, 5.74) is 0.523. The number of fused-ring (bicyclic) bond motifs is 3. The van der Waals surface area contributed by atoms with Crippen molar-refractivity contribution in [1.82, 2.24) is 63.2 Å². The highest BCUT2D eigenvalue weighted by atomic mass is 35.5. The van der Waals surface area contributed by atoms with Gasteiger partial charge < -0.3 is 47.3 Å². The summed E-state index contributed by atoms with van der Waals surface area (Å²) in [5, 5.41) is 18.3. The average molecular weight is 1780 g/mol. The smallest absolute Gasteiger partial charge is 0.497 e. The predicted octanol–water partition coefficient (Wildman–Crippen LogP) is 15.2. The van der Waals surface area contributed by atoms with Crippen molar-refractivity contribution in [2.45, 2.75) is 154 Å². The van der Waals surface area contributed by atoms with Gasteiger partial charge in [-0.25, -0.2) is 34.2 Å². The Balaban J connectivity index is 0.887. The van der Waals surface area contributed by atoms with Crippen molar-refractivity contribution in [3.05, 3.63) is 242 Å². The molecule has 6 aromatic carbocycles. The first-order valence-corrected chi connectivity index (χ1v) is 44.0. The van der Waals surface area contributed by atoms with Gasteiger partial charge in [0.2, 0.25) is 23.7 Å². The van der Waals surface area contributed by atoms with Gasteiger partial charge >= 0.3 is 7.82 Å². The number of H-pyrrole nitrogens is 2. The third kappa shape index (κ3) is 19.3. The number of nitrogens with zero attached hydrogens (tertiary/aromatic N) is 12. The van der Waals surface area contributed by atoms with E-state index in [0.29, 0.717) is 33.8 Å². The molecule has 3 saturated heterocycles. The van der Waals surface area contributed by atoms with Gasteiger partial charge in [-0.1, -0.05) is 148 Å². The largest absolute Gasteiger partial charge is 0.530 e. The minimum Gasteiger partial charge on any atom is -0.497 e. The Kier molecular flexibility index (Phi) is 27.4. The maximum Gasteiger partial charge on any atom is 0.530 e. The van der Waals surface area contributed by atoms with Crippen LogP contribution < -0.4 is 41.1 Å². The molecule has 3 amide bonds. The highest BCUT2D eigenvalue weighted by Crippen LogP contribution is 2.59. The van der Waals surface area contributed by atoms with Crippen LogP contribution in [-0.4, -0.2) is 158 Å². The zero-order valence-corrected chi connectivity index (χ0v) is 73.0. The van der Waals surface area contributed by atoms with Crippen LogP contribution in [-0.2, 0) is 56.8 Å². The molecule has 9 heterocycles.